The van der Waals surface area contributed by atoms with Crippen LogP contribution in [0.5, 0.6) is 0 Å². The van der Waals surface area contributed by atoms with Crippen LogP contribution in [0.1, 0.15) is 38.2 Å². The van der Waals surface area contributed by atoms with Gasteiger partial charge in [0.1, 0.15) is 4.99 Å². The molecule has 20 heavy (non-hydrogen) atoms. The number of hydrogen-bond acceptors (Lipinski definition) is 3. The van der Waals surface area contributed by atoms with Gasteiger partial charge < -0.3 is 5.73 Å². The molecule has 0 unspecified atom stereocenters. The molecule has 0 aromatic heterocycles. The Kier molecular flexibility index (Phi) is 4.78. The third kappa shape index (κ3) is 2.87. The van der Waals surface area contributed by atoms with Crippen LogP contribution in [0.25, 0.3) is 0 Å². The van der Waals surface area contributed by atoms with Gasteiger partial charge in [-0.2, -0.15) is 4.31 Å². The van der Waals surface area contributed by atoms with E-state index in [-0.39, 0.29) is 15.9 Å². The third-order valence-corrected chi connectivity index (χ3v) is 6.09. The van der Waals surface area contributed by atoms with E-state index in [4.69, 9.17) is 18.0 Å². The number of benzene rings is 1. The van der Waals surface area contributed by atoms with Gasteiger partial charge in [-0.25, -0.2) is 8.42 Å². The summed E-state index contributed by atoms with van der Waals surface area (Å²) in [5.74, 6) is 0. The van der Waals surface area contributed by atoms with E-state index in [0.29, 0.717) is 12.1 Å². The molecule has 1 aromatic rings. The number of rotatable bonds is 5. The molecule has 0 atom stereocenters. The highest BCUT2D eigenvalue weighted by Gasteiger charge is 2.33. The van der Waals surface area contributed by atoms with Gasteiger partial charge in [0.25, 0.3) is 0 Å². The van der Waals surface area contributed by atoms with E-state index in [1.807, 2.05) is 6.92 Å². The Balaban J connectivity index is 2.45. The quantitative estimate of drug-likeness (QED) is 0.847. The number of hydrogen-bond donors (Lipinski definition) is 1. The topological polar surface area (TPSA) is 63.4 Å². The summed E-state index contributed by atoms with van der Waals surface area (Å²) in [6, 6.07) is 6.81. The summed E-state index contributed by atoms with van der Waals surface area (Å²) in [6.45, 7) is 2.35. The van der Waals surface area contributed by atoms with Crippen molar-refractivity contribution in [3.63, 3.8) is 0 Å². The summed E-state index contributed by atoms with van der Waals surface area (Å²) in [5.41, 5.74) is 6.08. The second-order valence-electron chi connectivity index (χ2n) is 5.01. The SMILES string of the molecule is CCN(C1CCCC1)S(=O)(=O)c1ccccc1C(N)=S. The maximum atomic E-state index is 12.9. The van der Waals surface area contributed by atoms with Gasteiger partial charge in [0.05, 0.1) is 4.90 Å². The van der Waals surface area contributed by atoms with E-state index in [1.54, 1.807) is 28.6 Å². The van der Waals surface area contributed by atoms with E-state index >= 15 is 0 Å². The summed E-state index contributed by atoms with van der Waals surface area (Å²) in [4.78, 5) is 0.341. The lowest BCUT2D eigenvalue weighted by Crippen LogP contribution is -2.39. The summed E-state index contributed by atoms with van der Waals surface area (Å²) in [6.07, 6.45) is 4.05. The minimum Gasteiger partial charge on any atom is -0.389 e. The summed E-state index contributed by atoms with van der Waals surface area (Å²) in [5, 5.41) is 0. The van der Waals surface area contributed by atoms with Crippen molar-refractivity contribution >= 4 is 27.2 Å². The van der Waals surface area contributed by atoms with Crippen LogP contribution in [-0.4, -0.2) is 30.3 Å². The lowest BCUT2D eigenvalue weighted by Gasteiger charge is -2.27. The molecule has 1 aliphatic rings. The second kappa shape index (κ2) is 6.20. The van der Waals surface area contributed by atoms with E-state index in [9.17, 15) is 8.42 Å². The van der Waals surface area contributed by atoms with Crippen molar-refractivity contribution < 1.29 is 8.42 Å². The van der Waals surface area contributed by atoms with Crippen LogP contribution in [0.2, 0.25) is 0 Å². The normalized spacial score (nSPS) is 16.7. The lowest BCUT2D eigenvalue weighted by atomic mass is 10.2. The zero-order chi connectivity index (χ0) is 14.8. The molecule has 1 saturated carbocycles. The fourth-order valence-corrected chi connectivity index (χ4v) is 4.98. The molecular weight excluding hydrogens is 292 g/mol. The first-order valence-corrected chi connectivity index (χ1v) is 8.74. The molecule has 2 N–H and O–H groups in total. The molecule has 0 amide bonds. The van der Waals surface area contributed by atoms with Gasteiger partial charge in [0, 0.05) is 18.2 Å². The maximum Gasteiger partial charge on any atom is 0.244 e. The average Bonchev–Trinajstić information content (AvgIpc) is 2.93. The van der Waals surface area contributed by atoms with Gasteiger partial charge in [-0.15, -0.1) is 0 Å². The first-order chi connectivity index (χ1) is 9.48. The number of nitrogens with zero attached hydrogens (tertiary/aromatic N) is 1. The number of sulfonamides is 1. The maximum absolute atomic E-state index is 12.9. The molecule has 4 nitrogen and oxygen atoms in total. The molecule has 0 saturated heterocycles. The van der Waals surface area contributed by atoms with Crippen LogP contribution < -0.4 is 5.73 Å². The van der Waals surface area contributed by atoms with Crippen LogP contribution in [-0.2, 0) is 10.0 Å². The van der Waals surface area contributed by atoms with Gasteiger partial charge in [0.15, 0.2) is 0 Å². The Morgan fingerprint density at radius 3 is 2.50 bits per heavy atom. The van der Waals surface area contributed by atoms with Crippen molar-refractivity contribution in [1.29, 1.82) is 0 Å². The van der Waals surface area contributed by atoms with Crippen molar-refractivity contribution in [2.75, 3.05) is 6.54 Å². The first-order valence-electron chi connectivity index (χ1n) is 6.89. The number of nitrogens with two attached hydrogens (primary N) is 1. The van der Waals surface area contributed by atoms with E-state index in [1.165, 1.54) is 0 Å². The van der Waals surface area contributed by atoms with Crippen LogP contribution in [0.4, 0.5) is 0 Å². The fourth-order valence-electron chi connectivity index (χ4n) is 2.84. The highest BCUT2D eigenvalue weighted by Crippen LogP contribution is 2.29. The Morgan fingerprint density at radius 1 is 1.35 bits per heavy atom. The lowest BCUT2D eigenvalue weighted by molar-refractivity contribution is 0.335. The molecule has 0 radical (unpaired) electrons. The Labute approximate surface area is 126 Å². The zero-order valence-corrected chi connectivity index (χ0v) is 13.2. The van der Waals surface area contributed by atoms with Gasteiger partial charge in [-0.3, -0.25) is 0 Å². The van der Waals surface area contributed by atoms with Crippen molar-refractivity contribution in [2.24, 2.45) is 5.73 Å². The Morgan fingerprint density at radius 2 is 1.95 bits per heavy atom. The van der Waals surface area contributed by atoms with E-state index in [0.717, 1.165) is 25.7 Å². The molecule has 110 valence electrons. The third-order valence-electron chi connectivity index (χ3n) is 3.78. The summed E-state index contributed by atoms with van der Waals surface area (Å²) >= 11 is 4.97. The zero-order valence-electron chi connectivity index (χ0n) is 11.6. The molecule has 1 aromatic carbocycles. The first kappa shape index (κ1) is 15.4. The average molecular weight is 312 g/mol. The molecule has 0 aliphatic heterocycles. The predicted octanol–water partition coefficient (Wildman–Crippen LogP) is 2.27. The van der Waals surface area contributed by atoms with Gasteiger partial charge >= 0.3 is 0 Å². The largest absolute Gasteiger partial charge is 0.389 e. The van der Waals surface area contributed by atoms with Gasteiger partial charge in [0.2, 0.25) is 10.0 Å². The highest BCUT2D eigenvalue weighted by molar-refractivity contribution is 7.89. The van der Waals surface area contributed by atoms with Gasteiger partial charge in [-0.05, 0) is 18.9 Å². The molecule has 2 rings (SSSR count). The summed E-state index contributed by atoms with van der Waals surface area (Å²) in [7, 11) is -3.54. The Hall–Kier alpha value is -0.980. The van der Waals surface area contributed by atoms with Gasteiger partial charge in [-0.1, -0.05) is 50.2 Å². The standard InChI is InChI=1S/C14H20N2O2S2/c1-2-16(11-7-3-4-8-11)20(17,18)13-10-6-5-9-12(13)14(15)19/h5-6,9-11H,2-4,7-8H2,1H3,(H2,15,19). The van der Waals surface area contributed by atoms with E-state index < -0.39 is 10.0 Å². The van der Waals surface area contributed by atoms with Crippen molar-refractivity contribution in [1.82, 2.24) is 4.31 Å². The molecule has 0 spiro atoms. The Bertz CT molecular complexity index is 593. The van der Waals surface area contributed by atoms with Crippen LogP contribution in [0.15, 0.2) is 29.2 Å². The molecule has 1 aliphatic carbocycles. The van der Waals surface area contributed by atoms with E-state index in [2.05, 4.69) is 0 Å². The second-order valence-corrected chi connectivity index (χ2v) is 7.31. The van der Waals surface area contributed by atoms with Crippen LogP contribution in [0.3, 0.4) is 0 Å². The van der Waals surface area contributed by atoms with Crippen molar-refractivity contribution in [3.8, 4) is 0 Å². The fraction of sp³-hybridized carbons (Fsp3) is 0.500. The minimum atomic E-state index is -3.54. The van der Waals surface area contributed by atoms with Crippen molar-refractivity contribution in [2.45, 2.75) is 43.5 Å². The number of thiocarbonyl (C=S) groups is 1. The van der Waals surface area contributed by atoms with Crippen LogP contribution in [0, 0.1) is 0 Å². The molecule has 0 heterocycles. The molecule has 0 bridgehead atoms. The predicted molar refractivity (Wildman–Crippen MR) is 84.2 cm³/mol. The summed E-state index contributed by atoms with van der Waals surface area (Å²) < 4.78 is 27.4. The molecule has 1 fully saturated rings. The van der Waals surface area contributed by atoms with Crippen LogP contribution >= 0.6 is 12.2 Å². The molecule has 6 heteroatoms. The smallest absolute Gasteiger partial charge is 0.244 e. The minimum absolute atomic E-state index is 0.101. The highest BCUT2D eigenvalue weighted by atomic mass is 32.2. The van der Waals surface area contributed by atoms with Crippen molar-refractivity contribution in [3.05, 3.63) is 29.8 Å². The monoisotopic (exact) mass is 312 g/mol. The molecular formula is C14H20N2O2S2.